The van der Waals surface area contributed by atoms with E-state index in [9.17, 15) is 4.79 Å². The summed E-state index contributed by atoms with van der Waals surface area (Å²) in [5.41, 5.74) is 2.33. The van der Waals surface area contributed by atoms with Crippen LogP contribution in [0.4, 0.5) is 5.82 Å². The van der Waals surface area contributed by atoms with Crippen LogP contribution in [0.5, 0.6) is 0 Å². The minimum Gasteiger partial charge on any atom is -0.353 e. The summed E-state index contributed by atoms with van der Waals surface area (Å²) < 4.78 is 2.83. The Bertz CT molecular complexity index is 1070. The topological polar surface area (TPSA) is 67.2 Å². The molecular formula is C21H20BrClN6O. The number of halogens is 2. The molecule has 0 bridgehead atoms. The molecule has 0 N–H and O–H groups in total. The zero-order chi connectivity index (χ0) is 20.7. The first kappa shape index (κ1) is 19.5. The molecular weight excluding hydrogens is 468 g/mol. The molecule has 1 aliphatic heterocycles. The van der Waals surface area contributed by atoms with E-state index in [1.807, 2.05) is 46.0 Å². The molecule has 0 atom stereocenters. The smallest absolute Gasteiger partial charge is 0.276 e. The van der Waals surface area contributed by atoms with Gasteiger partial charge in [0.05, 0.1) is 11.4 Å². The van der Waals surface area contributed by atoms with Gasteiger partial charge in [0.2, 0.25) is 0 Å². The number of aromatic nitrogens is 4. The number of carbonyl (C=O) groups is 1. The Balaban J connectivity index is 1.35. The minimum absolute atomic E-state index is 0.0426. The van der Waals surface area contributed by atoms with Gasteiger partial charge in [0, 0.05) is 36.6 Å². The van der Waals surface area contributed by atoms with Crippen molar-refractivity contribution in [2.75, 3.05) is 31.1 Å². The molecule has 1 amide bonds. The fourth-order valence-electron chi connectivity index (χ4n) is 3.80. The number of nitrogens with zero attached hydrogens (tertiary/aromatic N) is 6. The van der Waals surface area contributed by atoms with E-state index in [-0.39, 0.29) is 5.91 Å². The van der Waals surface area contributed by atoms with E-state index in [0.717, 1.165) is 34.5 Å². The Labute approximate surface area is 187 Å². The molecule has 2 aliphatic rings. The molecule has 1 aromatic carbocycles. The lowest BCUT2D eigenvalue weighted by atomic mass is 10.1. The van der Waals surface area contributed by atoms with Gasteiger partial charge < -0.3 is 9.80 Å². The molecule has 1 saturated heterocycles. The first-order chi connectivity index (χ1) is 14.6. The van der Waals surface area contributed by atoms with E-state index in [1.165, 1.54) is 0 Å². The van der Waals surface area contributed by atoms with Crippen molar-refractivity contribution in [1.82, 2.24) is 24.9 Å². The third-order valence-electron chi connectivity index (χ3n) is 5.53. The highest BCUT2D eigenvalue weighted by Crippen LogP contribution is 2.42. The molecule has 2 fully saturated rings. The van der Waals surface area contributed by atoms with Crippen molar-refractivity contribution >= 4 is 39.3 Å². The normalized spacial score (nSPS) is 16.7. The number of hydrogen-bond acceptors (Lipinski definition) is 5. The van der Waals surface area contributed by atoms with Gasteiger partial charge in [0.25, 0.3) is 5.91 Å². The van der Waals surface area contributed by atoms with Crippen LogP contribution in [-0.4, -0.2) is 57.0 Å². The maximum atomic E-state index is 13.3. The summed E-state index contributed by atoms with van der Waals surface area (Å²) >= 11 is 9.48. The molecule has 0 radical (unpaired) electrons. The fraction of sp³-hybridized carbons (Fsp3) is 0.333. The highest BCUT2D eigenvalue weighted by molar-refractivity contribution is 9.10. The minimum atomic E-state index is -0.0426. The highest BCUT2D eigenvalue weighted by atomic mass is 79.9. The van der Waals surface area contributed by atoms with Crippen molar-refractivity contribution < 1.29 is 4.79 Å². The molecule has 154 valence electrons. The molecule has 3 heterocycles. The lowest BCUT2D eigenvalue weighted by Crippen LogP contribution is -2.49. The van der Waals surface area contributed by atoms with Gasteiger partial charge in [0.1, 0.15) is 11.0 Å². The maximum absolute atomic E-state index is 13.3. The summed E-state index contributed by atoms with van der Waals surface area (Å²) in [4.78, 5) is 21.7. The van der Waals surface area contributed by atoms with Gasteiger partial charge in [-0.3, -0.25) is 4.79 Å². The third kappa shape index (κ3) is 3.81. The van der Waals surface area contributed by atoms with Crippen molar-refractivity contribution in [2.24, 2.45) is 0 Å². The van der Waals surface area contributed by atoms with E-state index in [0.29, 0.717) is 42.9 Å². The number of carbonyl (C=O) groups excluding carboxylic acids is 1. The zero-order valence-corrected chi connectivity index (χ0v) is 18.6. The van der Waals surface area contributed by atoms with Gasteiger partial charge >= 0.3 is 0 Å². The van der Waals surface area contributed by atoms with Crippen molar-refractivity contribution in [2.45, 2.75) is 18.8 Å². The summed E-state index contributed by atoms with van der Waals surface area (Å²) in [5, 5.41) is 9.12. The summed E-state index contributed by atoms with van der Waals surface area (Å²) in [6, 6.07) is 13.5. The third-order valence-corrected chi connectivity index (χ3v) is 6.27. The lowest BCUT2D eigenvalue weighted by Gasteiger charge is -2.35. The Morgan fingerprint density at radius 3 is 2.43 bits per heavy atom. The molecule has 9 heteroatoms. The number of piperazine rings is 1. The molecule has 0 unspecified atom stereocenters. The highest BCUT2D eigenvalue weighted by Gasteiger charge is 2.36. The summed E-state index contributed by atoms with van der Waals surface area (Å²) in [5.74, 6) is 1.15. The first-order valence-corrected chi connectivity index (χ1v) is 11.2. The van der Waals surface area contributed by atoms with Crippen molar-refractivity contribution in [3.8, 4) is 5.69 Å². The van der Waals surface area contributed by atoms with Crippen LogP contribution in [0.2, 0.25) is 5.15 Å². The molecule has 2 aromatic heterocycles. The number of anilines is 1. The second-order valence-electron chi connectivity index (χ2n) is 7.58. The van der Waals surface area contributed by atoms with Crippen LogP contribution >= 0.6 is 27.5 Å². The average Bonchev–Trinajstić information content (AvgIpc) is 3.52. The fourth-order valence-corrected chi connectivity index (χ4v) is 4.22. The molecule has 5 rings (SSSR count). The van der Waals surface area contributed by atoms with Gasteiger partial charge in [-0.1, -0.05) is 38.8 Å². The van der Waals surface area contributed by atoms with Crippen LogP contribution in [0.25, 0.3) is 5.69 Å². The quantitative estimate of drug-likeness (QED) is 0.522. The number of rotatable bonds is 4. The number of hydrogen-bond donors (Lipinski definition) is 0. The Morgan fingerprint density at radius 2 is 1.77 bits per heavy atom. The van der Waals surface area contributed by atoms with Gasteiger partial charge in [-0.05, 0) is 49.2 Å². The molecule has 7 nitrogen and oxygen atoms in total. The number of amides is 1. The van der Waals surface area contributed by atoms with Crippen LogP contribution < -0.4 is 4.90 Å². The largest absolute Gasteiger partial charge is 0.353 e. The van der Waals surface area contributed by atoms with Crippen molar-refractivity contribution in [1.29, 1.82) is 0 Å². The van der Waals surface area contributed by atoms with E-state index in [4.69, 9.17) is 11.6 Å². The summed E-state index contributed by atoms with van der Waals surface area (Å²) in [7, 11) is 0. The van der Waals surface area contributed by atoms with Crippen LogP contribution in [0.15, 0.2) is 46.9 Å². The molecule has 1 aliphatic carbocycles. The second kappa shape index (κ2) is 8.00. The lowest BCUT2D eigenvalue weighted by molar-refractivity contribution is 0.0739. The van der Waals surface area contributed by atoms with Crippen LogP contribution in [0, 0.1) is 0 Å². The first-order valence-electron chi connectivity index (χ1n) is 9.98. The van der Waals surface area contributed by atoms with Crippen LogP contribution in [0.1, 0.15) is 34.9 Å². The molecule has 3 aromatic rings. The van der Waals surface area contributed by atoms with Crippen LogP contribution in [-0.2, 0) is 0 Å². The Hall–Kier alpha value is -2.45. The predicted octanol–water partition coefficient (Wildman–Crippen LogP) is 3.92. The maximum Gasteiger partial charge on any atom is 0.276 e. The van der Waals surface area contributed by atoms with Crippen LogP contribution in [0.3, 0.4) is 0 Å². The number of pyridine rings is 1. The van der Waals surface area contributed by atoms with Crippen molar-refractivity contribution in [3.05, 3.63) is 63.5 Å². The Morgan fingerprint density at radius 1 is 1.03 bits per heavy atom. The predicted molar refractivity (Wildman–Crippen MR) is 118 cm³/mol. The summed E-state index contributed by atoms with van der Waals surface area (Å²) in [6.45, 7) is 2.64. The standard InChI is InChI=1S/C21H20BrClN6O/c22-15-6-8-16(9-7-15)29-20(14-4-5-14)19(25-26-29)21(30)28-12-10-27(11-13-28)18-3-1-2-17(23)24-18/h1-3,6-9,14H,4-5,10-13H2. The molecule has 30 heavy (non-hydrogen) atoms. The van der Waals surface area contributed by atoms with Gasteiger partial charge in [0.15, 0.2) is 5.69 Å². The number of benzene rings is 1. The van der Waals surface area contributed by atoms with E-state index in [1.54, 1.807) is 6.07 Å². The van der Waals surface area contributed by atoms with Crippen molar-refractivity contribution in [3.63, 3.8) is 0 Å². The molecule has 0 spiro atoms. The van der Waals surface area contributed by atoms with E-state index >= 15 is 0 Å². The second-order valence-corrected chi connectivity index (χ2v) is 8.89. The summed E-state index contributed by atoms with van der Waals surface area (Å²) in [6.07, 6.45) is 2.14. The average molecular weight is 488 g/mol. The van der Waals surface area contributed by atoms with Gasteiger partial charge in [-0.25, -0.2) is 9.67 Å². The Kier molecular flexibility index (Phi) is 5.20. The SMILES string of the molecule is O=C(c1nnn(-c2ccc(Br)cc2)c1C1CC1)N1CCN(c2cccc(Cl)n2)CC1. The van der Waals surface area contributed by atoms with Gasteiger partial charge in [-0.15, -0.1) is 5.10 Å². The van der Waals surface area contributed by atoms with E-state index in [2.05, 4.69) is 36.1 Å². The van der Waals surface area contributed by atoms with Gasteiger partial charge in [-0.2, -0.15) is 0 Å². The zero-order valence-electron chi connectivity index (χ0n) is 16.2. The van der Waals surface area contributed by atoms with E-state index < -0.39 is 0 Å². The monoisotopic (exact) mass is 486 g/mol. The molecule has 1 saturated carbocycles.